The van der Waals surface area contributed by atoms with Crippen molar-refractivity contribution in [3.8, 4) is 0 Å². The lowest BCUT2D eigenvalue weighted by Gasteiger charge is -2.20. The monoisotopic (exact) mass is 181 g/mol. The van der Waals surface area contributed by atoms with Gasteiger partial charge in [0.1, 0.15) is 5.69 Å². The number of aryl methyl sites for hydroxylation is 1. The van der Waals surface area contributed by atoms with E-state index in [9.17, 15) is 4.79 Å². The van der Waals surface area contributed by atoms with Gasteiger partial charge in [-0.3, -0.25) is 4.79 Å². The van der Waals surface area contributed by atoms with Crippen molar-refractivity contribution in [3.05, 3.63) is 18.2 Å². The maximum Gasteiger partial charge on any atom is 0.187 e. The average molecular weight is 181 g/mol. The van der Waals surface area contributed by atoms with Crippen LogP contribution in [-0.2, 0) is 7.05 Å². The highest BCUT2D eigenvalue weighted by Crippen LogP contribution is 2.19. The number of ketones is 1. The Kier molecular flexibility index (Phi) is 2.52. The Labute approximate surface area is 77.8 Å². The van der Waals surface area contributed by atoms with Gasteiger partial charge in [-0.15, -0.1) is 0 Å². The van der Waals surface area contributed by atoms with Gasteiger partial charge in [-0.2, -0.15) is 0 Å². The number of rotatable bonds is 3. The zero-order chi connectivity index (χ0) is 10.1. The maximum atomic E-state index is 11.8. The number of carbonyl (C=O) groups is 1. The fourth-order valence-electron chi connectivity index (χ4n) is 1.02. The Morgan fingerprint density at radius 3 is 2.69 bits per heavy atom. The lowest BCUT2D eigenvalue weighted by molar-refractivity contribution is 0.0838. The number of hydrogen-bond donors (Lipinski definition) is 1. The second-order valence-electron chi connectivity index (χ2n) is 3.81. The van der Waals surface area contributed by atoms with Crippen molar-refractivity contribution in [2.24, 2.45) is 18.2 Å². The standard InChI is InChI=1S/C9H15N3O/c1-9(2,5-10)8(13)7-4-11-6-12(7)3/h4,6H,5,10H2,1-3H3. The van der Waals surface area contributed by atoms with Crippen LogP contribution in [0.1, 0.15) is 24.3 Å². The molecule has 0 amide bonds. The molecule has 0 bridgehead atoms. The lowest BCUT2D eigenvalue weighted by atomic mass is 9.87. The molecule has 0 radical (unpaired) electrons. The quantitative estimate of drug-likeness (QED) is 0.694. The van der Waals surface area contributed by atoms with Crippen molar-refractivity contribution in [1.29, 1.82) is 0 Å². The molecule has 0 fully saturated rings. The molecule has 72 valence electrons. The molecule has 0 spiro atoms. The lowest BCUT2D eigenvalue weighted by Crippen LogP contribution is -2.33. The second kappa shape index (κ2) is 3.30. The minimum absolute atomic E-state index is 0.0370. The Hall–Kier alpha value is -1.16. The van der Waals surface area contributed by atoms with Gasteiger partial charge in [-0.05, 0) is 0 Å². The number of aromatic nitrogens is 2. The summed E-state index contributed by atoms with van der Waals surface area (Å²) in [6.07, 6.45) is 3.18. The maximum absolute atomic E-state index is 11.8. The van der Waals surface area contributed by atoms with Crippen LogP contribution in [0, 0.1) is 5.41 Å². The highest BCUT2D eigenvalue weighted by molar-refractivity contribution is 5.98. The molecule has 0 atom stereocenters. The molecule has 1 aromatic heterocycles. The molecule has 2 N–H and O–H groups in total. The van der Waals surface area contributed by atoms with E-state index >= 15 is 0 Å². The molecule has 13 heavy (non-hydrogen) atoms. The zero-order valence-corrected chi connectivity index (χ0v) is 8.24. The van der Waals surface area contributed by atoms with Crippen LogP contribution < -0.4 is 5.73 Å². The van der Waals surface area contributed by atoms with Crippen molar-refractivity contribution in [2.75, 3.05) is 6.54 Å². The molecular formula is C9H15N3O. The van der Waals surface area contributed by atoms with Gasteiger partial charge in [0, 0.05) is 19.0 Å². The van der Waals surface area contributed by atoms with Gasteiger partial charge in [0.05, 0.1) is 12.5 Å². The topological polar surface area (TPSA) is 60.9 Å². The van der Waals surface area contributed by atoms with Gasteiger partial charge in [0.2, 0.25) is 0 Å². The van der Waals surface area contributed by atoms with Crippen LogP contribution in [0.4, 0.5) is 0 Å². The van der Waals surface area contributed by atoms with Crippen molar-refractivity contribution < 1.29 is 4.79 Å². The minimum Gasteiger partial charge on any atom is -0.331 e. The van der Waals surface area contributed by atoms with E-state index in [1.54, 1.807) is 24.1 Å². The van der Waals surface area contributed by atoms with Crippen molar-refractivity contribution in [3.63, 3.8) is 0 Å². The molecule has 4 heteroatoms. The van der Waals surface area contributed by atoms with Crippen molar-refractivity contribution in [2.45, 2.75) is 13.8 Å². The molecule has 1 heterocycles. The van der Waals surface area contributed by atoms with E-state index in [2.05, 4.69) is 4.98 Å². The van der Waals surface area contributed by atoms with Crippen LogP contribution in [0.25, 0.3) is 0 Å². The van der Waals surface area contributed by atoms with Crippen LogP contribution in [0.15, 0.2) is 12.5 Å². The SMILES string of the molecule is Cn1cncc1C(=O)C(C)(C)CN. The molecule has 1 rings (SSSR count). The highest BCUT2D eigenvalue weighted by Gasteiger charge is 2.28. The summed E-state index contributed by atoms with van der Waals surface area (Å²) in [6.45, 7) is 4.02. The Morgan fingerprint density at radius 2 is 2.31 bits per heavy atom. The normalized spacial score (nSPS) is 11.7. The smallest absolute Gasteiger partial charge is 0.187 e. The summed E-state index contributed by atoms with van der Waals surface area (Å²) in [5.74, 6) is 0.0370. The van der Waals surface area contributed by atoms with Gasteiger partial charge < -0.3 is 10.3 Å². The van der Waals surface area contributed by atoms with Gasteiger partial charge in [-0.25, -0.2) is 4.98 Å². The van der Waals surface area contributed by atoms with E-state index in [4.69, 9.17) is 5.73 Å². The molecule has 0 aromatic carbocycles. The van der Waals surface area contributed by atoms with Crippen LogP contribution in [0.2, 0.25) is 0 Å². The summed E-state index contributed by atoms with van der Waals surface area (Å²) >= 11 is 0. The summed E-state index contributed by atoms with van der Waals surface area (Å²) in [4.78, 5) is 15.7. The molecule has 0 saturated carbocycles. The summed E-state index contributed by atoms with van der Waals surface area (Å²) in [7, 11) is 1.80. The molecule has 0 aliphatic carbocycles. The average Bonchev–Trinajstić information content (AvgIpc) is 2.50. The van der Waals surface area contributed by atoms with E-state index < -0.39 is 5.41 Å². The predicted octanol–water partition coefficient (Wildman–Crippen LogP) is 0.588. The molecular weight excluding hydrogens is 166 g/mol. The fraction of sp³-hybridized carbons (Fsp3) is 0.556. The van der Waals surface area contributed by atoms with Crippen molar-refractivity contribution >= 4 is 5.78 Å². The zero-order valence-electron chi connectivity index (χ0n) is 8.24. The largest absolute Gasteiger partial charge is 0.331 e. The first-order valence-corrected chi connectivity index (χ1v) is 4.20. The first kappa shape index (κ1) is 9.92. The van der Waals surface area contributed by atoms with Crippen LogP contribution in [-0.4, -0.2) is 21.9 Å². The number of hydrogen-bond acceptors (Lipinski definition) is 3. The van der Waals surface area contributed by atoms with Crippen LogP contribution in [0.5, 0.6) is 0 Å². The van der Waals surface area contributed by atoms with Gasteiger partial charge in [0.15, 0.2) is 5.78 Å². The van der Waals surface area contributed by atoms with Crippen LogP contribution >= 0.6 is 0 Å². The van der Waals surface area contributed by atoms with E-state index in [0.29, 0.717) is 12.2 Å². The number of imidazole rings is 1. The number of Topliss-reactive ketones (excluding diaryl/α,β-unsaturated/α-hetero) is 1. The van der Waals surface area contributed by atoms with E-state index in [1.165, 1.54) is 0 Å². The first-order chi connectivity index (χ1) is 5.99. The second-order valence-corrected chi connectivity index (χ2v) is 3.81. The van der Waals surface area contributed by atoms with E-state index in [-0.39, 0.29) is 5.78 Å². The molecule has 4 nitrogen and oxygen atoms in total. The molecule has 0 aliphatic heterocycles. The van der Waals surface area contributed by atoms with E-state index in [1.807, 2.05) is 13.8 Å². The van der Waals surface area contributed by atoms with E-state index in [0.717, 1.165) is 0 Å². The van der Waals surface area contributed by atoms with Gasteiger partial charge >= 0.3 is 0 Å². The van der Waals surface area contributed by atoms with Crippen molar-refractivity contribution in [1.82, 2.24) is 9.55 Å². The summed E-state index contributed by atoms with van der Waals surface area (Å²) < 4.78 is 1.71. The van der Waals surface area contributed by atoms with Gasteiger partial charge in [-0.1, -0.05) is 13.8 Å². The first-order valence-electron chi connectivity index (χ1n) is 4.20. The molecule has 1 aromatic rings. The Bertz CT molecular complexity index is 314. The summed E-state index contributed by atoms with van der Waals surface area (Å²) in [5.41, 5.74) is 5.61. The third-order valence-corrected chi connectivity index (χ3v) is 2.17. The minimum atomic E-state index is -0.506. The molecule has 0 unspecified atom stereocenters. The highest BCUT2D eigenvalue weighted by atomic mass is 16.1. The number of nitrogens with two attached hydrogens (primary N) is 1. The molecule has 0 aliphatic rings. The fourth-order valence-corrected chi connectivity index (χ4v) is 1.02. The third-order valence-electron chi connectivity index (χ3n) is 2.17. The Balaban J connectivity index is 2.98. The third kappa shape index (κ3) is 1.78. The van der Waals surface area contributed by atoms with Gasteiger partial charge in [0.25, 0.3) is 0 Å². The summed E-state index contributed by atoms with van der Waals surface area (Å²) in [5, 5.41) is 0. The predicted molar refractivity (Wildman–Crippen MR) is 50.4 cm³/mol. The molecule has 0 saturated heterocycles. The van der Waals surface area contributed by atoms with Crippen LogP contribution in [0.3, 0.4) is 0 Å². The number of nitrogens with zero attached hydrogens (tertiary/aromatic N) is 2. The Morgan fingerprint density at radius 1 is 1.69 bits per heavy atom. The number of carbonyl (C=O) groups excluding carboxylic acids is 1. The summed E-state index contributed by atoms with van der Waals surface area (Å²) in [6, 6.07) is 0.